The van der Waals surface area contributed by atoms with Crippen molar-refractivity contribution in [3.05, 3.63) is 69.3 Å². The van der Waals surface area contributed by atoms with Gasteiger partial charge < -0.3 is 10.1 Å². The minimum atomic E-state index is -0.490. The van der Waals surface area contributed by atoms with Gasteiger partial charge in [0.25, 0.3) is 11.6 Å². The van der Waals surface area contributed by atoms with Gasteiger partial charge in [-0.25, -0.2) is 0 Å². The van der Waals surface area contributed by atoms with Crippen LogP contribution in [0.1, 0.15) is 21.5 Å². The first-order valence-corrected chi connectivity index (χ1v) is 6.67. The highest BCUT2D eigenvalue weighted by atomic mass is 16.6. The first kappa shape index (κ1) is 15.5. The number of nitrogens with one attached hydrogen (secondary N) is 1. The summed E-state index contributed by atoms with van der Waals surface area (Å²) >= 11 is 0. The minimum Gasteiger partial charge on any atom is -0.497 e. The first-order valence-electron chi connectivity index (χ1n) is 6.67. The number of hydrogen-bond donors (Lipinski definition) is 1. The van der Waals surface area contributed by atoms with E-state index in [1.54, 1.807) is 38.3 Å². The summed E-state index contributed by atoms with van der Waals surface area (Å²) in [6.45, 7) is 1.97. The molecule has 0 aromatic heterocycles. The Morgan fingerprint density at radius 3 is 2.50 bits per heavy atom. The van der Waals surface area contributed by atoms with Gasteiger partial charge in [0.1, 0.15) is 5.75 Å². The summed E-state index contributed by atoms with van der Waals surface area (Å²) in [4.78, 5) is 22.5. The van der Waals surface area contributed by atoms with Crippen LogP contribution in [0.25, 0.3) is 0 Å². The van der Waals surface area contributed by atoms with Crippen molar-refractivity contribution in [2.45, 2.75) is 13.5 Å². The van der Waals surface area contributed by atoms with E-state index in [1.165, 1.54) is 6.07 Å². The smallest absolute Gasteiger partial charge is 0.273 e. The molecule has 1 amide bonds. The summed E-state index contributed by atoms with van der Waals surface area (Å²) in [5.74, 6) is 0.392. The number of nitrogens with zero attached hydrogens (tertiary/aromatic N) is 1. The molecule has 2 aromatic rings. The Morgan fingerprint density at radius 1 is 1.23 bits per heavy atom. The van der Waals surface area contributed by atoms with Crippen molar-refractivity contribution in [2.24, 2.45) is 0 Å². The van der Waals surface area contributed by atoms with Gasteiger partial charge in [-0.1, -0.05) is 18.2 Å². The summed E-state index contributed by atoms with van der Waals surface area (Å²) in [5.41, 5.74) is 1.65. The number of amides is 1. The fraction of sp³-hybridized carbons (Fsp3) is 0.188. The van der Waals surface area contributed by atoms with Gasteiger partial charge in [0, 0.05) is 23.7 Å². The molecule has 6 heteroatoms. The number of carbonyl (C=O) groups excluding carboxylic acids is 1. The molecule has 114 valence electrons. The van der Waals surface area contributed by atoms with E-state index in [2.05, 4.69) is 5.32 Å². The van der Waals surface area contributed by atoms with Crippen LogP contribution < -0.4 is 10.1 Å². The first-order chi connectivity index (χ1) is 10.5. The summed E-state index contributed by atoms with van der Waals surface area (Å²) < 4.78 is 5.06. The average Bonchev–Trinajstić information content (AvgIpc) is 2.53. The van der Waals surface area contributed by atoms with E-state index in [-0.39, 0.29) is 17.2 Å². The molecule has 0 heterocycles. The molecule has 0 aliphatic heterocycles. The van der Waals surface area contributed by atoms with Crippen molar-refractivity contribution in [3.8, 4) is 5.75 Å². The Bertz CT molecular complexity index is 696. The van der Waals surface area contributed by atoms with Gasteiger partial charge in [-0.05, 0) is 30.7 Å². The lowest BCUT2D eigenvalue weighted by atomic mass is 10.1. The summed E-state index contributed by atoms with van der Waals surface area (Å²) in [6, 6.07) is 11.7. The van der Waals surface area contributed by atoms with Crippen LogP contribution in [-0.4, -0.2) is 17.9 Å². The van der Waals surface area contributed by atoms with Crippen LogP contribution in [0.3, 0.4) is 0 Å². The van der Waals surface area contributed by atoms with Crippen LogP contribution in [-0.2, 0) is 6.54 Å². The molecule has 0 unspecified atom stereocenters. The van der Waals surface area contributed by atoms with E-state index in [9.17, 15) is 14.9 Å². The molecule has 0 aliphatic rings. The van der Waals surface area contributed by atoms with Gasteiger partial charge in [-0.3, -0.25) is 14.9 Å². The zero-order valence-electron chi connectivity index (χ0n) is 12.3. The molecule has 0 aliphatic carbocycles. The van der Waals surface area contributed by atoms with E-state index in [1.807, 2.05) is 12.1 Å². The SMILES string of the molecule is COc1ccc(CNC(=O)c2ccc(C)c([N+](=O)[O-])c2)cc1. The highest BCUT2D eigenvalue weighted by Crippen LogP contribution is 2.19. The maximum Gasteiger partial charge on any atom is 0.273 e. The van der Waals surface area contributed by atoms with Crippen molar-refractivity contribution >= 4 is 11.6 Å². The molecule has 1 N–H and O–H groups in total. The Kier molecular flexibility index (Phi) is 4.73. The Labute approximate surface area is 127 Å². The lowest BCUT2D eigenvalue weighted by molar-refractivity contribution is -0.385. The summed E-state index contributed by atoms with van der Waals surface area (Å²) in [7, 11) is 1.58. The third-order valence-corrected chi connectivity index (χ3v) is 3.28. The molecular formula is C16H16N2O4. The second-order valence-corrected chi connectivity index (χ2v) is 4.79. The van der Waals surface area contributed by atoms with Crippen molar-refractivity contribution < 1.29 is 14.5 Å². The molecule has 2 aromatic carbocycles. The van der Waals surface area contributed by atoms with Crippen molar-refractivity contribution in [1.82, 2.24) is 5.32 Å². The molecular weight excluding hydrogens is 284 g/mol. The number of nitro benzene ring substituents is 1. The number of carbonyl (C=O) groups is 1. The van der Waals surface area contributed by atoms with E-state index >= 15 is 0 Å². The summed E-state index contributed by atoms with van der Waals surface area (Å²) in [5, 5.41) is 13.6. The third-order valence-electron chi connectivity index (χ3n) is 3.28. The van der Waals surface area contributed by atoms with Gasteiger partial charge in [0.15, 0.2) is 0 Å². The molecule has 0 radical (unpaired) electrons. The van der Waals surface area contributed by atoms with Crippen LogP contribution in [0.15, 0.2) is 42.5 Å². The van der Waals surface area contributed by atoms with E-state index < -0.39 is 4.92 Å². The van der Waals surface area contributed by atoms with Gasteiger partial charge in [-0.2, -0.15) is 0 Å². The second kappa shape index (κ2) is 6.71. The number of ether oxygens (including phenoxy) is 1. The highest BCUT2D eigenvalue weighted by Gasteiger charge is 2.14. The zero-order chi connectivity index (χ0) is 16.1. The minimum absolute atomic E-state index is 0.0582. The molecule has 2 rings (SSSR count). The Balaban J connectivity index is 2.05. The maximum absolute atomic E-state index is 12.1. The normalized spacial score (nSPS) is 10.1. The van der Waals surface area contributed by atoms with E-state index in [0.717, 1.165) is 11.3 Å². The third kappa shape index (κ3) is 3.60. The quantitative estimate of drug-likeness (QED) is 0.680. The Hall–Kier alpha value is -2.89. The monoisotopic (exact) mass is 300 g/mol. The molecule has 6 nitrogen and oxygen atoms in total. The number of methoxy groups -OCH3 is 1. The van der Waals surface area contributed by atoms with Gasteiger partial charge in [0.05, 0.1) is 12.0 Å². The lowest BCUT2D eigenvalue weighted by Gasteiger charge is -2.07. The standard InChI is InChI=1S/C16H16N2O4/c1-11-3-6-13(9-15(11)18(20)21)16(19)17-10-12-4-7-14(22-2)8-5-12/h3-9H,10H2,1-2H3,(H,17,19). The predicted molar refractivity (Wildman–Crippen MR) is 82.0 cm³/mol. The van der Waals surface area contributed by atoms with E-state index in [0.29, 0.717) is 12.1 Å². The maximum atomic E-state index is 12.1. The lowest BCUT2D eigenvalue weighted by Crippen LogP contribution is -2.22. The molecule has 0 saturated carbocycles. The summed E-state index contributed by atoms with van der Waals surface area (Å²) in [6.07, 6.45) is 0. The highest BCUT2D eigenvalue weighted by molar-refractivity contribution is 5.94. The van der Waals surface area contributed by atoms with Crippen molar-refractivity contribution in [1.29, 1.82) is 0 Å². The number of rotatable bonds is 5. The average molecular weight is 300 g/mol. The molecule has 0 saturated heterocycles. The largest absolute Gasteiger partial charge is 0.497 e. The number of aryl methyl sites for hydroxylation is 1. The number of hydrogen-bond acceptors (Lipinski definition) is 4. The fourth-order valence-corrected chi connectivity index (χ4v) is 1.98. The molecule has 22 heavy (non-hydrogen) atoms. The second-order valence-electron chi connectivity index (χ2n) is 4.79. The van der Waals surface area contributed by atoms with E-state index in [4.69, 9.17) is 4.74 Å². The van der Waals surface area contributed by atoms with Gasteiger partial charge in [0.2, 0.25) is 0 Å². The van der Waals surface area contributed by atoms with Crippen LogP contribution in [0.2, 0.25) is 0 Å². The fourth-order valence-electron chi connectivity index (χ4n) is 1.98. The molecule has 0 fully saturated rings. The number of nitro groups is 1. The molecule has 0 spiro atoms. The van der Waals surface area contributed by atoms with Gasteiger partial charge in [-0.15, -0.1) is 0 Å². The van der Waals surface area contributed by atoms with Gasteiger partial charge >= 0.3 is 0 Å². The number of benzene rings is 2. The van der Waals surface area contributed by atoms with Crippen LogP contribution in [0.4, 0.5) is 5.69 Å². The molecule has 0 atom stereocenters. The zero-order valence-corrected chi connectivity index (χ0v) is 12.3. The van der Waals surface area contributed by atoms with Crippen molar-refractivity contribution in [2.75, 3.05) is 7.11 Å². The molecule has 0 bridgehead atoms. The van der Waals surface area contributed by atoms with Crippen LogP contribution in [0.5, 0.6) is 5.75 Å². The Morgan fingerprint density at radius 2 is 1.91 bits per heavy atom. The predicted octanol–water partition coefficient (Wildman–Crippen LogP) is 2.84. The van der Waals surface area contributed by atoms with Crippen molar-refractivity contribution in [3.63, 3.8) is 0 Å². The topological polar surface area (TPSA) is 81.5 Å². The van der Waals surface area contributed by atoms with Crippen LogP contribution in [0, 0.1) is 17.0 Å². The van der Waals surface area contributed by atoms with Crippen LogP contribution >= 0.6 is 0 Å².